The average molecular weight is 606 g/mol. The molecular weight excluding hydrogens is 558 g/mol. The topological polar surface area (TPSA) is 78.6 Å². The van der Waals surface area contributed by atoms with Gasteiger partial charge >= 0.3 is 0 Å². The number of likely N-dealkylation sites (tertiary alicyclic amines) is 1. The lowest BCUT2D eigenvalue weighted by atomic mass is 9.96. The Morgan fingerprint density at radius 3 is 2.31 bits per heavy atom. The Morgan fingerprint density at radius 1 is 0.822 bits per heavy atom. The van der Waals surface area contributed by atoms with Gasteiger partial charge in [-0.3, -0.25) is 9.88 Å². The van der Waals surface area contributed by atoms with Crippen molar-refractivity contribution in [2.75, 3.05) is 20.2 Å². The maximum atomic E-state index is 9.32. The third kappa shape index (κ3) is 8.51. The van der Waals surface area contributed by atoms with Crippen LogP contribution in [-0.2, 0) is 32.6 Å². The van der Waals surface area contributed by atoms with Gasteiger partial charge in [-0.25, -0.2) is 0 Å². The molecule has 0 radical (unpaired) electrons. The summed E-state index contributed by atoms with van der Waals surface area (Å²) in [4.78, 5) is 6.79. The van der Waals surface area contributed by atoms with Crippen LogP contribution >= 0.6 is 0 Å². The van der Waals surface area contributed by atoms with Crippen molar-refractivity contribution in [1.82, 2.24) is 9.88 Å². The maximum absolute atomic E-state index is 9.32. The minimum absolute atomic E-state index is 0.367. The normalized spacial score (nSPS) is 13.8. The van der Waals surface area contributed by atoms with Gasteiger partial charge in [0, 0.05) is 43.2 Å². The minimum atomic E-state index is 0.367. The van der Waals surface area contributed by atoms with Crippen molar-refractivity contribution in [2.24, 2.45) is 0 Å². The van der Waals surface area contributed by atoms with E-state index in [-0.39, 0.29) is 0 Å². The molecule has 1 fully saturated rings. The Balaban J connectivity index is 0.00000111. The van der Waals surface area contributed by atoms with Crippen LogP contribution in [0.1, 0.15) is 78.5 Å². The van der Waals surface area contributed by atoms with Crippen LogP contribution in [0.15, 0.2) is 73.1 Å². The number of nitriles is 1. The van der Waals surface area contributed by atoms with E-state index in [1.165, 1.54) is 58.2 Å². The lowest BCUT2D eigenvalue weighted by Crippen LogP contribution is -2.29. The van der Waals surface area contributed by atoms with E-state index in [1.807, 2.05) is 19.9 Å². The van der Waals surface area contributed by atoms with Crippen molar-refractivity contribution in [3.63, 3.8) is 0 Å². The molecule has 1 aliphatic carbocycles. The fourth-order valence-corrected chi connectivity index (χ4v) is 6.28. The molecule has 0 atom stereocenters. The van der Waals surface area contributed by atoms with Gasteiger partial charge < -0.3 is 14.6 Å². The maximum Gasteiger partial charge on any atom is 0.128 e. The second-order valence-corrected chi connectivity index (χ2v) is 11.2. The van der Waals surface area contributed by atoms with Crippen LogP contribution in [-0.4, -0.2) is 35.2 Å². The summed E-state index contributed by atoms with van der Waals surface area (Å²) in [6, 6.07) is 23.2. The predicted molar refractivity (Wildman–Crippen MR) is 181 cm³/mol. The molecule has 6 rings (SSSR count). The largest absolute Gasteiger partial charge is 0.488 e. The van der Waals surface area contributed by atoms with E-state index in [2.05, 4.69) is 77.5 Å². The number of aromatic nitrogens is 1. The molecule has 236 valence electrons. The fourth-order valence-electron chi connectivity index (χ4n) is 6.28. The van der Waals surface area contributed by atoms with Crippen molar-refractivity contribution >= 4 is 0 Å². The molecular formula is C39H47N3O3. The highest BCUT2D eigenvalue weighted by molar-refractivity contribution is 5.68. The van der Waals surface area contributed by atoms with Gasteiger partial charge in [0.15, 0.2) is 0 Å². The average Bonchev–Trinajstić information content (AvgIpc) is 3.61. The second kappa shape index (κ2) is 17.3. The van der Waals surface area contributed by atoms with Crippen molar-refractivity contribution in [1.29, 1.82) is 5.26 Å². The van der Waals surface area contributed by atoms with Gasteiger partial charge in [0.05, 0.1) is 5.56 Å². The van der Waals surface area contributed by atoms with Crippen LogP contribution in [0.3, 0.4) is 0 Å². The van der Waals surface area contributed by atoms with Gasteiger partial charge in [-0.15, -0.1) is 0 Å². The number of nitrogens with zero attached hydrogens (tertiary/aromatic N) is 3. The van der Waals surface area contributed by atoms with Crippen LogP contribution in [0.25, 0.3) is 11.1 Å². The molecule has 6 heteroatoms. The van der Waals surface area contributed by atoms with E-state index >= 15 is 0 Å². The number of hydrogen-bond acceptors (Lipinski definition) is 6. The van der Waals surface area contributed by atoms with Gasteiger partial charge in [0.2, 0.25) is 0 Å². The first-order valence-corrected chi connectivity index (χ1v) is 16.3. The first-order chi connectivity index (χ1) is 22.2. The fraction of sp³-hybridized carbons (Fsp3) is 0.385. The smallest absolute Gasteiger partial charge is 0.128 e. The molecule has 4 aromatic rings. The van der Waals surface area contributed by atoms with Crippen molar-refractivity contribution in [2.45, 2.75) is 79.1 Å². The zero-order valence-electron chi connectivity index (χ0n) is 27.3. The Labute approximate surface area is 269 Å². The molecule has 0 unspecified atom stereocenters. The molecule has 2 aliphatic rings. The minimum Gasteiger partial charge on any atom is -0.488 e. The number of piperidine rings is 1. The summed E-state index contributed by atoms with van der Waals surface area (Å²) in [6.45, 7) is 10.2. The number of aliphatic hydroxyl groups is 1. The Bertz CT molecular complexity index is 1560. The molecule has 3 aromatic carbocycles. The highest BCUT2D eigenvalue weighted by atomic mass is 16.5. The zero-order valence-corrected chi connectivity index (χ0v) is 27.3. The van der Waals surface area contributed by atoms with Gasteiger partial charge in [-0.1, -0.05) is 68.8 Å². The van der Waals surface area contributed by atoms with Crippen LogP contribution in [0.5, 0.6) is 11.5 Å². The molecule has 1 N–H and O–H groups in total. The number of benzene rings is 3. The van der Waals surface area contributed by atoms with Gasteiger partial charge in [-0.2, -0.15) is 5.26 Å². The van der Waals surface area contributed by atoms with E-state index in [9.17, 15) is 5.26 Å². The van der Waals surface area contributed by atoms with Crippen LogP contribution in [0.4, 0.5) is 0 Å². The van der Waals surface area contributed by atoms with Crippen molar-refractivity contribution in [3.8, 4) is 28.7 Å². The molecule has 0 saturated carbocycles. The summed E-state index contributed by atoms with van der Waals surface area (Å²) >= 11 is 0. The van der Waals surface area contributed by atoms with Crippen LogP contribution in [0, 0.1) is 18.3 Å². The highest BCUT2D eigenvalue weighted by Gasteiger charge is 2.26. The van der Waals surface area contributed by atoms with Crippen molar-refractivity contribution < 1.29 is 14.6 Å². The molecule has 0 spiro atoms. The number of pyridine rings is 1. The summed E-state index contributed by atoms with van der Waals surface area (Å²) in [5.74, 6) is 1.83. The summed E-state index contributed by atoms with van der Waals surface area (Å²) in [7, 11) is 1.00. The lowest BCUT2D eigenvalue weighted by Gasteiger charge is -2.29. The van der Waals surface area contributed by atoms with Crippen LogP contribution in [0.2, 0.25) is 0 Å². The molecule has 0 bridgehead atoms. The van der Waals surface area contributed by atoms with E-state index in [1.54, 1.807) is 12.4 Å². The van der Waals surface area contributed by atoms with Gasteiger partial charge in [0.25, 0.3) is 0 Å². The molecule has 2 heterocycles. The van der Waals surface area contributed by atoms with E-state index < -0.39 is 0 Å². The molecule has 1 aromatic heterocycles. The molecule has 0 amide bonds. The summed E-state index contributed by atoms with van der Waals surface area (Å²) in [6.07, 6.45) is 10.4. The number of ether oxygens (including phenoxy) is 2. The van der Waals surface area contributed by atoms with E-state index in [4.69, 9.17) is 14.6 Å². The summed E-state index contributed by atoms with van der Waals surface area (Å²) < 4.78 is 13.2. The monoisotopic (exact) mass is 605 g/mol. The van der Waals surface area contributed by atoms with Crippen LogP contribution < -0.4 is 9.47 Å². The molecule has 45 heavy (non-hydrogen) atoms. The molecule has 1 aliphatic heterocycles. The van der Waals surface area contributed by atoms with Crippen molar-refractivity contribution in [3.05, 3.63) is 112 Å². The number of hydrogen-bond donors (Lipinski definition) is 1. The third-order valence-corrected chi connectivity index (χ3v) is 8.50. The number of fused-ring (bicyclic) bond motifs is 1. The molecule has 1 saturated heterocycles. The third-order valence-electron chi connectivity index (χ3n) is 8.50. The predicted octanol–water partition coefficient (Wildman–Crippen LogP) is 8.20. The first-order valence-electron chi connectivity index (χ1n) is 16.3. The van der Waals surface area contributed by atoms with E-state index in [0.29, 0.717) is 18.8 Å². The SMILES string of the molecule is CC.CO.Cc1c(COc2cc(OCc3cncc(C#N)c3)c(CN3CCCCC3)c3c2CCC3)cccc1-c1ccccc1. The summed E-state index contributed by atoms with van der Waals surface area (Å²) in [5, 5.41) is 16.3. The van der Waals surface area contributed by atoms with E-state index in [0.717, 1.165) is 63.1 Å². The second-order valence-electron chi connectivity index (χ2n) is 11.2. The standard InChI is InChI=1S/C36H37N3O2.C2H6.CH4O/c1-26-30(12-8-13-31(26)29-10-4-2-5-11-29)25-41-35-19-36(40-24-28-18-27(20-37)21-38-22-28)34(32-14-9-15-33(32)35)23-39-16-6-3-7-17-39;2*1-2/h2,4-5,8,10-13,18-19,21-22H,3,6-7,9,14-17,23-25H2,1H3;1-2H3;2H,1H3. The number of rotatable bonds is 9. The quantitative estimate of drug-likeness (QED) is 0.207. The molecule has 6 nitrogen and oxygen atoms in total. The number of aliphatic hydroxyl groups excluding tert-OH is 1. The van der Waals surface area contributed by atoms with Gasteiger partial charge in [-0.05, 0) is 91.6 Å². The van der Waals surface area contributed by atoms with Gasteiger partial charge in [0.1, 0.15) is 30.8 Å². The Morgan fingerprint density at radius 2 is 1.56 bits per heavy atom. The summed E-state index contributed by atoms with van der Waals surface area (Å²) in [5.41, 5.74) is 10.4. The first kappa shape index (κ1) is 33.7. The lowest BCUT2D eigenvalue weighted by molar-refractivity contribution is 0.214. The highest BCUT2D eigenvalue weighted by Crippen LogP contribution is 2.41. The Hall–Kier alpha value is -4.18. The zero-order chi connectivity index (χ0) is 32.0. The Kier molecular flexibility index (Phi) is 13.0.